The third kappa shape index (κ3) is 2.58. The van der Waals surface area contributed by atoms with Crippen LogP contribution in [0, 0.1) is 14.9 Å². The third-order valence-electron chi connectivity index (χ3n) is 3.62. The number of hydrogen-bond donors (Lipinski definition) is 1. The lowest BCUT2D eigenvalue weighted by molar-refractivity contribution is 0.101. The third-order valence-corrected chi connectivity index (χ3v) is 5.62. The molecule has 1 aliphatic carbocycles. The van der Waals surface area contributed by atoms with Gasteiger partial charge in [0.25, 0.3) is 5.91 Å². The first-order valence-electron chi connectivity index (χ1n) is 6.65. The number of rotatable bonds is 2. The molecule has 108 valence electrons. The molecule has 7 heteroatoms. The summed E-state index contributed by atoms with van der Waals surface area (Å²) in [6.45, 7) is 0. The highest BCUT2D eigenvalue weighted by Gasteiger charge is 2.23. The Morgan fingerprint density at radius 1 is 1.52 bits per heavy atom. The van der Waals surface area contributed by atoms with Crippen molar-refractivity contribution >= 4 is 44.8 Å². The zero-order chi connectivity index (χ0) is 15.0. The molecule has 0 radical (unpaired) electrons. The molecule has 0 fully saturated rings. The van der Waals surface area contributed by atoms with Crippen LogP contribution in [0.25, 0.3) is 0 Å². The number of carbonyl (C=O) groups excluding carboxylic acids is 1. The van der Waals surface area contributed by atoms with Crippen LogP contribution in [0.5, 0.6) is 0 Å². The topological polar surface area (TPSA) is 70.7 Å². The Morgan fingerprint density at radius 3 is 2.95 bits per heavy atom. The number of fused-ring (bicyclic) bond motifs is 1. The second-order valence-corrected chi connectivity index (χ2v) is 7.21. The second kappa shape index (κ2) is 5.77. The number of hydrogen-bond acceptors (Lipinski definition) is 4. The predicted molar refractivity (Wildman–Crippen MR) is 89.6 cm³/mol. The highest BCUT2D eigenvalue weighted by Crippen LogP contribution is 2.37. The van der Waals surface area contributed by atoms with Gasteiger partial charge in [0, 0.05) is 11.9 Å². The molecule has 3 rings (SSSR count). The zero-order valence-corrected chi connectivity index (χ0v) is 14.4. The van der Waals surface area contributed by atoms with Gasteiger partial charge >= 0.3 is 0 Å². The molecule has 0 atom stereocenters. The maximum absolute atomic E-state index is 12.4. The van der Waals surface area contributed by atoms with Gasteiger partial charge < -0.3 is 5.32 Å². The Morgan fingerprint density at radius 2 is 2.29 bits per heavy atom. The minimum Gasteiger partial charge on any atom is -0.311 e. The summed E-state index contributed by atoms with van der Waals surface area (Å²) in [7, 11) is 1.74. The highest BCUT2D eigenvalue weighted by atomic mass is 127. The number of amides is 1. The number of carbonyl (C=O) groups is 1. The molecule has 0 saturated carbocycles. The van der Waals surface area contributed by atoms with E-state index in [1.165, 1.54) is 16.2 Å². The van der Waals surface area contributed by atoms with Gasteiger partial charge in [0.05, 0.1) is 15.3 Å². The van der Waals surface area contributed by atoms with E-state index in [0.29, 0.717) is 16.3 Å². The van der Waals surface area contributed by atoms with Crippen molar-refractivity contribution in [2.45, 2.75) is 25.7 Å². The lowest BCUT2D eigenvalue weighted by atomic mass is 9.96. The van der Waals surface area contributed by atoms with Gasteiger partial charge in [-0.05, 0) is 53.8 Å². The smallest absolute Gasteiger partial charge is 0.275 e. The van der Waals surface area contributed by atoms with E-state index in [1.807, 2.05) is 0 Å². The van der Waals surface area contributed by atoms with Crippen LogP contribution in [0.4, 0.5) is 5.00 Å². The van der Waals surface area contributed by atoms with Crippen LogP contribution in [0.15, 0.2) is 6.20 Å². The fraction of sp³-hybridized carbons (Fsp3) is 0.357. The SMILES string of the molecule is Cn1ncc(I)c1C(=O)Nc1sc2c(c1C#N)CCCC2. The fourth-order valence-corrected chi connectivity index (χ4v) is 4.55. The van der Waals surface area contributed by atoms with Crippen LogP contribution in [0.3, 0.4) is 0 Å². The largest absolute Gasteiger partial charge is 0.311 e. The molecule has 0 saturated heterocycles. The molecule has 2 heterocycles. The summed E-state index contributed by atoms with van der Waals surface area (Å²) < 4.78 is 2.35. The first-order valence-corrected chi connectivity index (χ1v) is 8.55. The van der Waals surface area contributed by atoms with E-state index in [-0.39, 0.29) is 5.91 Å². The molecule has 0 aromatic carbocycles. The molecule has 0 bridgehead atoms. The number of nitriles is 1. The van der Waals surface area contributed by atoms with E-state index in [0.717, 1.165) is 34.8 Å². The van der Waals surface area contributed by atoms with Crippen LogP contribution in [0.2, 0.25) is 0 Å². The van der Waals surface area contributed by atoms with Crippen molar-refractivity contribution in [3.63, 3.8) is 0 Å². The Balaban J connectivity index is 1.94. The molecule has 21 heavy (non-hydrogen) atoms. The van der Waals surface area contributed by atoms with Crippen LogP contribution >= 0.6 is 33.9 Å². The molecule has 1 aliphatic rings. The molecule has 1 amide bonds. The van der Waals surface area contributed by atoms with Crippen molar-refractivity contribution in [1.82, 2.24) is 9.78 Å². The number of nitrogens with zero attached hydrogens (tertiary/aromatic N) is 3. The van der Waals surface area contributed by atoms with Gasteiger partial charge in [-0.1, -0.05) is 0 Å². The summed E-state index contributed by atoms with van der Waals surface area (Å²) in [5, 5.41) is 17.0. The quantitative estimate of drug-likeness (QED) is 0.771. The fourth-order valence-electron chi connectivity index (χ4n) is 2.60. The Labute approximate surface area is 140 Å². The van der Waals surface area contributed by atoms with E-state index in [1.54, 1.807) is 17.9 Å². The molecule has 0 aliphatic heterocycles. The summed E-state index contributed by atoms with van der Waals surface area (Å²) in [6.07, 6.45) is 5.87. The Kier molecular flexibility index (Phi) is 3.99. The molecule has 0 unspecified atom stereocenters. The lowest BCUT2D eigenvalue weighted by Crippen LogP contribution is -2.17. The van der Waals surface area contributed by atoms with Crippen molar-refractivity contribution in [1.29, 1.82) is 5.26 Å². The van der Waals surface area contributed by atoms with Gasteiger partial charge in [0.15, 0.2) is 0 Å². The summed E-state index contributed by atoms with van der Waals surface area (Å²) in [5.74, 6) is -0.213. The van der Waals surface area contributed by atoms with E-state index >= 15 is 0 Å². The molecular formula is C14H13IN4OS. The van der Waals surface area contributed by atoms with Crippen LogP contribution in [-0.2, 0) is 19.9 Å². The van der Waals surface area contributed by atoms with E-state index in [9.17, 15) is 10.1 Å². The monoisotopic (exact) mass is 412 g/mol. The van der Waals surface area contributed by atoms with E-state index in [2.05, 4.69) is 39.1 Å². The predicted octanol–water partition coefficient (Wildman–Crippen LogP) is 3.09. The van der Waals surface area contributed by atoms with Crippen molar-refractivity contribution in [3.05, 3.63) is 31.5 Å². The average molecular weight is 412 g/mol. The summed E-state index contributed by atoms with van der Waals surface area (Å²) >= 11 is 3.63. The number of anilines is 1. The average Bonchev–Trinajstić information content (AvgIpc) is 2.98. The van der Waals surface area contributed by atoms with Gasteiger partial charge in [-0.15, -0.1) is 11.3 Å². The summed E-state index contributed by atoms with van der Waals surface area (Å²) in [5.41, 5.74) is 2.29. The van der Waals surface area contributed by atoms with Crippen LogP contribution in [-0.4, -0.2) is 15.7 Å². The first-order chi connectivity index (χ1) is 10.1. The molecule has 2 aromatic heterocycles. The van der Waals surface area contributed by atoms with E-state index in [4.69, 9.17) is 0 Å². The maximum Gasteiger partial charge on any atom is 0.275 e. The highest BCUT2D eigenvalue weighted by molar-refractivity contribution is 14.1. The Hall–Kier alpha value is -1.40. The zero-order valence-electron chi connectivity index (χ0n) is 11.4. The number of thiophene rings is 1. The number of aryl methyl sites for hydroxylation is 2. The van der Waals surface area contributed by atoms with Gasteiger partial charge in [0.2, 0.25) is 0 Å². The standard InChI is InChI=1S/C14H13IN4OS/c1-19-12(10(15)7-17-19)13(20)18-14-9(6-16)8-4-2-3-5-11(8)21-14/h7H,2-5H2,1H3,(H,18,20). The number of aromatic nitrogens is 2. The number of nitrogens with one attached hydrogen (secondary N) is 1. The minimum atomic E-state index is -0.213. The molecule has 2 aromatic rings. The van der Waals surface area contributed by atoms with Crippen LogP contribution < -0.4 is 5.32 Å². The van der Waals surface area contributed by atoms with Gasteiger partial charge in [-0.2, -0.15) is 10.4 Å². The minimum absolute atomic E-state index is 0.213. The van der Waals surface area contributed by atoms with Crippen molar-refractivity contribution in [2.75, 3.05) is 5.32 Å². The van der Waals surface area contributed by atoms with Crippen LogP contribution in [0.1, 0.15) is 39.3 Å². The first kappa shape index (κ1) is 14.5. The second-order valence-electron chi connectivity index (χ2n) is 4.95. The van der Waals surface area contributed by atoms with Gasteiger partial charge in [-0.3, -0.25) is 9.48 Å². The maximum atomic E-state index is 12.4. The van der Waals surface area contributed by atoms with Crippen molar-refractivity contribution < 1.29 is 4.79 Å². The molecular weight excluding hydrogens is 399 g/mol. The Bertz CT molecular complexity index is 736. The van der Waals surface area contributed by atoms with Crippen molar-refractivity contribution in [2.24, 2.45) is 7.05 Å². The molecule has 0 spiro atoms. The summed E-state index contributed by atoms with van der Waals surface area (Å²) in [6, 6.07) is 2.25. The molecule has 5 nitrogen and oxygen atoms in total. The van der Waals surface area contributed by atoms with E-state index < -0.39 is 0 Å². The number of halogens is 1. The van der Waals surface area contributed by atoms with Gasteiger partial charge in [0.1, 0.15) is 16.8 Å². The summed E-state index contributed by atoms with van der Waals surface area (Å²) in [4.78, 5) is 13.7. The molecule has 1 N–H and O–H groups in total. The van der Waals surface area contributed by atoms with Crippen molar-refractivity contribution in [3.8, 4) is 6.07 Å². The normalized spacial score (nSPS) is 13.6. The lowest BCUT2D eigenvalue weighted by Gasteiger charge is -2.09. The van der Waals surface area contributed by atoms with Gasteiger partial charge in [-0.25, -0.2) is 0 Å².